The number of ether oxygens (including phenoxy) is 1. The van der Waals surface area contributed by atoms with Crippen LogP contribution in [0.15, 0.2) is 36.5 Å². The van der Waals surface area contributed by atoms with Gasteiger partial charge in [-0.1, -0.05) is 6.07 Å². The van der Waals surface area contributed by atoms with Gasteiger partial charge in [-0.25, -0.2) is 0 Å². The van der Waals surface area contributed by atoms with E-state index in [-0.39, 0.29) is 6.04 Å². The SMILES string of the molecule is CNc1cc(C2CN(C)CCN2Cc2c(OC)cc(C)c3c2ccn3SI)ccc1C(N)=O. The molecule has 1 saturated heterocycles. The van der Waals surface area contributed by atoms with Gasteiger partial charge in [0.1, 0.15) is 5.75 Å². The summed E-state index contributed by atoms with van der Waals surface area (Å²) in [5.74, 6) is 0.502. The minimum Gasteiger partial charge on any atom is -0.496 e. The van der Waals surface area contributed by atoms with Crippen LogP contribution >= 0.6 is 30.3 Å². The predicted octanol–water partition coefficient (Wildman–Crippen LogP) is 4.43. The van der Waals surface area contributed by atoms with Crippen molar-refractivity contribution in [3.63, 3.8) is 0 Å². The number of carbonyl (C=O) groups is 1. The molecule has 33 heavy (non-hydrogen) atoms. The maximum absolute atomic E-state index is 11.8. The summed E-state index contributed by atoms with van der Waals surface area (Å²) >= 11 is 2.32. The zero-order chi connectivity index (χ0) is 23.7. The third kappa shape index (κ3) is 4.68. The molecule has 1 fully saturated rings. The molecule has 2 aromatic carbocycles. The molecule has 1 aromatic heterocycles. The molecule has 9 heteroatoms. The van der Waals surface area contributed by atoms with E-state index in [1.165, 1.54) is 27.6 Å². The predicted molar refractivity (Wildman–Crippen MR) is 145 cm³/mol. The van der Waals surface area contributed by atoms with Crippen molar-refractivity contribution in [2.45, 2.75) is 19.5 Å². The maximum atomic E-state index is 11.8. The van der Waals surface area contributed by atoms with Crippen molar-refractivity contribution in [2.24, 2.45) is 5.73 Å². The van der Waals surface area contributed by atoms with E-state index in [1.54, 1.807) is 16.2 Å². The molecule has 4 rings (SSSR count). The molecule has 1 aliphatic rings. The second-order valence-electron chi connectivity index (χ2n) is 8.51. The largest absolute Gasteiger partial charge is 0.496 e. The first-order chi connectivity index (χ1) is 15.9. The Morgan fingerprint density at radius 1 is 1.30 bits per heavy atom. The summed E-state index contributed by atoms with van der Waals surface area (Å²) in [6.45, 7) is 5.75. The Kier molecular flexibility index (Phi) is 7.42. The highest BCUT2D eigenvalue weighted by molar-refractivity contribution is 14.2. The number of likely N-dealkylation sites (N-methyl/N-ethyl adjacent to an activating group) is 1. The molecule has 0 radical (unpaired) electrons. The van der Waals surface area contributed by atoms with Crippen LogP contribution in [0.2, 0.25) is 0 Å². The lowest BCUT2D eigenvalue weighted by atomic mass is 9.97. The normalized spacial score (nSPS) is 17.4. The van der Waals surface area contributed by atoms with Crippen LogP contribution in [0, 0.1) is 6.92 Å². The Labute approximate surface area is 211 Å². The van der Waals surface area contributed by atoms with E-state index in [2.05, 4.69) is 78.7 Å². The molecule has 0 aliphatic carbocycles. The second-order valence-corrected chi connectivity index (χ2v) is 10.2. The first kappa shape index (κ1) is 24.2. The molecule has 1 amide bonds. The van der Waals surface area contributed by atoms with Gasteiger partial charge in [-0.2, -0.15) is 0 Å². The molecule has 1 unspecified atom stereocenters. The van der Waals surface area contributed by atoms with Gasteiger partial charge in [-0.3, -0.25) is 13.7 Å². The number of hydrogen-bond acceptors (Lipinski definition) is 6. The third-order valence-electron chi connectivity index (χ3n) is 6.51. The maximum Gasteiger partial charge on any atom is 0.250 e. The van der Waals surface area contributed by atoms with Crippen molar-refractivity contribution >= 4 is 52.8 Å². The van der Waals surface area contributed by atoms with Gasteiger partial charge in [0.2, 0.25) is 0 Å². The van der Waals surface area contributed by atoms with Gasteiger partial charge in [-0.15, -0.1) is 0 Å². The monoisotopic (exact) mass is 579 g/mol. The standard InChI is InChI=1S/C24H30IN5O2S/c1-15-11-22(32-4)19(17-7-8-30(33-25)23(15)17)13-29-10-9-28(3)14-21(29)16-5-6-18(24(26)31)20(12-16)27-2/h5-8,11-12,21,27H,9-10,13-14H2,1-4H3,(H2,26,31). The average molecular weight is 580 g/mol. The van der Waals surface area contributed by atoms with Crippen LogP contribution in [0.5, 0.6) is 5.75 Å². The molecule has 7 nitrogen and oxygen atoms in total. The zero-order valence-corrected chi connectivity index (χ0v) is 22.4. The first-order valence-electron chi connectivity index (χ1n) is 10.9. The number of primary amides is 1. The minimum absolute atomic E-state index is 0.180. The average Bonchev–Trinajstić information content (AvgIpc) is 3.26. The molecule has 0 saturated carbocycles. The fraction of sp³-hybridized carbons (Fsp3) is 0.375. The van der Waals surface area contributed by atoms with Gasteiger partial charge in [0, 0.05) is 92.4 Å². The Bertz CT molecular complexity index is 1180. The summed E-state index contributed by atoms with van der Waals surface area (Å²) in [6.07, 6.45) is 2.13. The highest BCUT2D eigenvalue weighted by Crippen LogP contribution is 2.38. The quantitative estimate of drug-likeness (QED) is 0.404. The number of benzene rings is 2. The minimum atomic E-state index is -0.423. The Morgan fingerprint density at radius 2 is 2.09 bits per heavy atom. The Morgan fingerprint density at radius 3 is 2.76 bits per heavy atom. The summed E-state index contributed by atoms with van der Waals surface area (Å²) in [5.41, 5.74) is 11.7. The van der Waals surface area contributed by atoms with Crippen LogP contribution in [-0.2, 0) is 6.54 Å². The van der Waals surface area contributed by atoms with E-state index in [4.69, 9.17) is 10.5 Å². The van der Waals surface area contributed by atoms with Crippen LogP contribution in [0.4, 0.5) is 5.69 Å². The van der Waals surface area contributed by atoms with Gasteiger partial charge in [0.05, 0.1) is 18.2 Å². The van der Waals surface area contributed by atoms with Gasteiger partial charge >= 0.3 is 0 Å². The molecular weight excluding hydrogens is 549 g/mol. The van der Waals surface area contributed by atoms with E-state index >= 15 is 0 Å². The van der Waals surface area contributed by atoms with E-state index in [0.717, 1.165) is 37.6 Å². The number of methoxy groups -OCH3 is 1. The number of anilines is 1. The van der Waals surface area contributed by atoms with Crippen LogP contribution in [0.1, 0.15) is 33.1 Å². The summed E-state index contributed by atoms with van der Waals surface area (Å²) in [7, 11) is 7.40. The fourth-order valence-electron chi connectivity index (χ4n) is 4.79. The summed E-state index contributed by atoms with van der Waals surface area (Å²) in [6, 6.07) is 10.4. The number of hydrogen-bond donors (Lipinski definition) is 2. The van der Waals surface area contributed by atoms with E-state index in [1.807, 2.05) is 19.2 Å². The van der Waals surface area contributed by atoms with E-state index in [0.29, 0.717) is 5.56 Å². The van der Waals surface area contributed by atoms with Crippen molar-refractivity contribution in [3.8, 4) is 5.75 Å². The summed E-state index contributed by atoms with van der Waals surface area (Å²) in [5, 5.41) is 4.36. The number of rotatable bonds is 7. The van der Waals surface area contributed by atoms with Crippen LogP contribution < -0.4 is 15.8 Å². The van der Waals surface area contributed by atoms with E-state index < -0.39 is 5.91 Å². The van der Waals surface area contributed by atoms with Crippen molar-refractivity contribution in [1.82, 2.24) is 13.8 Å². The van der Waals surface area contributed by atoms with Crippen LogP contribution in [0.25, 0.3) is 10.9 Å². The zero-order valence-electron chi connectivity index (χ0n) is 19.4. The third-order valence-corrected chi connectivity index (χ3v) is 8.23. The second kappa shape index (κ2) is 10.1. The summed E-state index contributed by atoms with van der Waals surface area (Å²) < 4.78 is 8.05. The molecular formula is C24H30IN5O2S. The molecule has 0 bridgehead atoms. The lowest BCUT2D eigenvalue weighted by Crippen LogP contribution is -2.46. The molecule has 0 spiro atoms. The number of amides is 1. The van der Waals surface area contributed by atoms with Crippen LogP contribution in [-0.4, -0.2) is 60.5 Å². The van der Waals surface area contributed by atoms with Crippen molar-refractivity contribution in [1.29, 1.82) is 0 Å². The smallest absolute Gasteiger partial charge is 0.250 e. The number of fused-ring (bicyclic) bond motifs is 1. The highest BCUT2D eigenvalue weighted by atomic mass is 127. The fourth-order valence-corrected chi connectivity index (χ4v) is 6.19. The lowest BCUT2D eigenvalue weighted by Gasteiger charge is -2.41. The Balaban J connectivity index is 1.76. The Hall–Kier alpha value is -1.95. The van der Waals surface area contributed by atoms with Crippen molar-refractivity contribution in [2.75, 3.05) is 46.2 Å². The number of nitrogens with zero attached hydrogens (tertiary/aromatic N) is 3. The van der Waals surface area contributed by atoms with Gasteiger partial charge in [0.25, 0.3) is 5.91 Å². The number of nitrogens with two attached hydrogens (primary N) is 1. The summed E-state index contributed by atoms with van der Waals surface area (Å²) in [4.78, 5) is 16.7. The lowest BCUT2D eigenvalue weighted by molar-refractivity contribution is 0.0830. The number of halogens is 1. The number of nitrogens with one attached hydrogen (secondary N) is 1. The van der Waals surface area contributed by atoms with Crippen molar-refractivity contribution in [3.05, 3.63) is 58.8 Å². The first-order valence-corrected chi connectivity index (χ1v) is 14.2. The number of carbonyl (C=O) groups excluding carboxylic acids is 1. The molecule has 1 atom stereocenters. The molecule has 3 N–H and O–H groups in total. The highest BCUT2D eigenvalue weighted by Gasteiger charge is 2.29. The van der Waals surface area contributed by atoms with E-state index in [9.17, 15) is 4.79 Å². The number of piperazine rings is 1. The molecule has 2 heterocycles. The number of aryl methyl sites for hydroxylation is 1. The molecule has 176 valence electrons. The van der Waals surface area contributed by atoms with Crippen molar-refractivity contribution < 1.29 is 9.53 Å². The molecule has 1 aliphatic heterocycles. The number of aromatic nitrogens is 1. The van der Waals surface area contributed by atoms with Crippen LogP contribution in [0.3, 0.4) is 0 Å². The van der Waals surface area contributed by atoms with Gasteiger partial charge < -0.3 is 20.7 Å². The molecule has 3 aromatic rings. The van der Waals surface area contributed by atoms with Gasteiger partial charge in [0.15, 0.2) is 0 Å². The topological polar surface area (TPSA) is 75.8 Å². The van der Waals surface area contributed by atoms with Gasteiger partial charge in [-0.05, 0) is 49.4 Å².